The van der Waals surface area contributed by atoms with Crippen LogP contribution in [-0.2, 0) is 29.6 Å². The fraction of sp³-hybridized carbons (Fsp3) is 0.308. The Bertz CT molecular complexity index is 1270. The van der Waals surface area contributed by atoms with Crippen LogP contribution < -0.4 is 15.6 Å². The van der Waals surface area contributed by atoms with Gasteiger partial charge in [-0.15, -0.1) is 0 Å². The second kappa shape index (κ2) is 10.9. The lowest BCUT2D eigenvalue weighted by atomic mass is 10.0. The number of hydrogen-bond acceptors (Lipinski definition) is 6. The van der Waals surface area contributed by atoms with Crippen molar-refractivity contribution in [3.05, 3.63) is 80.8 Å². The predicted molar refractivity (Wildman–Crippen MR) is 131 cm³/mol. The van der Waals surface area contributed by atoms with Gasteiger partial charge in [0.25, 0.3) is 5.56 Å². The molecule has 0 bridgehead atoms. The van der Waals surface area contributed by atoms with E-state index in [2.05, 4.69) is 10.4 Å². The van der Waals surface area contributed by atoms with E-state index in [1.807, 2.05) is 32.9 Å². The fourth-order valence-corrected chi connectivity index (χ4v) is 3.95. The second-order valence-corrected chi connectivity index (χ2v) is 8.41. The quantitative estimate of drug-likeness (QED) is 0.509. The summed E-state index contributed by atoms with van der Waals surface area (Å²) < 4.78 is 11.8. The molecule has 3 aromatic rings. The summed E-state index contributed by atoms with van der Waals surface area (Å²) in [5.74, 6) is -0.842. The summed E-state index contributed by atoms with van der Waals surface area (Å²) >= 11 is 0. The number of benzene rings is 2. The molecule has 35 heavy (non-hydrogen) atoms. The number of aryl methyl sites for hydroxylation is 4. The van der Waals surface area contributed by atoms with Crippen molar-refractivity contribution in [2.45, 2.75) is 39.8 Å². The van der Waals surface area contributed by atoms with Crippen molar-refractivity contribution in [3.8, 4) is 16.9 Å². The van der Waals surface area contributed by atoms with Crippen molar-refractivity contribution in [2.75, 3.05) is 7.11 Å². The third-order valence-electron chi connectivity index (χ3n) is 5.78. The fourth-order valence-electron chi connectivity index (χ4n) is 3.95. The molecule has 2 aromatic carbocycles. The predicted octanol–water partition coefficient (Wildman–Crippen LogP) is 3.30. The molecule has 184 valence electrons. The van der Waals surface area contributed by atoms with Gasteiger partial charge < -0.3 is 19.9 Å². The summed E-state index contributed by atoms with van der Waals surface area (Å²) in [7, 11) is 3.00. The number of carboxylic acids is 1. The van der Waals surface area contributed by atoms with Crippen molar-refractivity contribution in [3.63, 3.8) is 0 Å². The van der Waals surface area contributed by atoms with Crippen LogP contribution >= 0.6 is 0 Å². The van der Waals surface area contributed by atoms with Gasteiger partial charge in [-0.25, -0.2) is 14.3 Å². The van der Waals surface area contributed by atoms with Crippen molar-refractivity contribution in [1.29, 1.82) is 0 Å². The molecule has 0 radical (unpaired) electrons. The van der Waals surface area contributed by atoms with E-state index in [-0.39, 0.29) is 18.6 Å². The second-order valence-electron chi connectivity index (χ2n) is 8.41. The molecule has 0 fully saturated rings. The zero-order valence-electron chi connectivity index (χ0n) is 20.4. The van der Waals surface area contributed by atoms with E-state index in [0.717, 1.165) is 22.3 Å². The maximum absolute atomic E-state index is 12.5. The van der Waals surface area contributed by atoms with Gasteiger partial charge in [0, 0.05) is 13.5 Å². The Morgan fingerprint density at radius 2 is 1.74 bits per heavy atom. The van der Waals surface area contributed by atoms with Gasteiger partial charge in [-0.2, -0.15) is 5.10 Å². The molecule has 1 atom stereocenters. The molecular formula is C26H29N3O6. The zero-order chi connectivity index (χ0) is 25.7. The Balaban J connectivity index is 1.69. The van der Waals surface area contributed by atoms with Crippen molar-refractivity contribution < 1.29 is 24.2 Å². The molecular weight excluding hydrogens is 450 g/mol. The molecule has 1 heterocycles. The highest BCUT2D eigenvalue weighted by Crippen LogP contribution is 2.26. The number of nitrogens with one attached hydrogen (secondary N) is 1. The van der Waals surface area contributed by atoms with Crippen LogP contribution in [0.3, 0.4) is 0 Å². The number of amides is 1. The Hall–Kier alpha value is -4.14. The average Bonchev–Trinajstić information content (AvgIpc) is 2.80. The number of carbonyl (C=O) groups excluding carboxylic acids is 1. The normalized spacial score (nSPS) is 11.6. The van der Waals surface area contributed by atoms with Crippen LogP contribution in [0, 0.1) is 20.8 Å². The lowest BCUT2D eigenvalue weighted by Gasteiger charge is -2.16. The number of aliphatic carboxylic acids is 1. The Morgan fingerprint density at radius 3 is 2.31 bits per heavy atom. The number of alkyl carbamates (subject to hydrolysis) is 1. The Labute approximate surface area is 203 Å². The van der Waals surface area contributed by atoms with Crippen molar-refractivity contribution in [2.24, 2.45) is 7.05 Å². The summed E-state index contributed by atoms with van der Waals surface area (Å²) in [4.78, 5) is 36.6. The third kappa shape index (κ3) is 6.06. The highest BCUT2D eigenvalue weighted by molar-refractivity contribution is 5.80. The summed E-state index contributed by atoms with van der Waals surface area (Å²) in [5.41, 5.74) is 5.34. The third-order valence-corrected chi connectivity index (χ3v) is 5.78. The molecule has 0 spiro atoms. The molecule has 0 saturated carbocycles. The van der Waals surface area contributed by atoms with E-state index in [9.17, 15) is 19.5 Å². The van der Waals surface area contributed by atoms with E-state index in [1.165, 1.54) is 18.0 Å². The number of carbonyl (C=O) groups is 2. The minimum atomic E-state index is -1.18. The van der Waals surface area contributed by atoms with Crippen LogP contribution in [0.15, 0.2) is 47.4 Å². The summed E-state index contributed by atoms with van der Waals surface area (Å²) in [6.45, 7) is 5.93. The molecule has 0 aliphatic heterocycles. The number of ether oxygens (including phenoxy) is 2. The minimum absolute atomic E-state index is 0.0405. The number of methoxy groups -OCH3 is 1. The molecule has 0 aliphatic rings. The molecule has 9 heteroatoms. The topological polar surface area (TPSA) is 120 Å². The van der Waals surface area contributed by atoms with Crippen LogP contribution in [0.4, 0.5) is 4.79 Å². The molecule has 0 aliphatic carbocycles. The number of rotatable bonds is 8. The van der Waals surface area contributed by atoms with Gasteiger partial charge in [0.15, 0.2) is 5.75 Å². The highest BCUT2D eigenvalue weighted by atomic mass is 16.5. The monoisotopic (exact) mass is 479 g/mol. The van der Waals surface area contributed by atoms with Gasteiger partial charge in [-0.1, -0.05) is 42.0 Å². The molecule has 1 amide bonds. The van der Waals surface area contributed by atoms with E-state index in [1.54, 1.807) is 31.3 Å². The standard InChI is InChI=1S/C26H29N3O6/c1-15-10-16(2)20(17(3)11-15)14-35-26(33)28-21(25(31)32)12-18-6-8-19(9-7-18)23-22(34-5)13-27-29(4)24(23)30/h6-11,13,21H,12,14H2,1-5H3,(H,28,33)(H,31,32)/t21-/m0/s1. The Kier molecular flexibility index (Phi) is 7.91. The number of nitrogens with zero attached hydrogens (tertiary/aromatic N) is 2. The van der Waals surface area contributed by atoms with Crippen LogP contribution in [0.5, 0.6) is 5.75 Å². The van der Waals surface area contributed by atoms with E-state index >= 15 is 0 Å². The summed E-state index contributed by atoms with van der Waals surface area (Å²) in [6, 6.07) is 9.64. The molecule has 0 unspecified atom stereocenters. The average molecular weight is 480 g/mol. The van der Waals surface area contributed by atoms with E-state index in [4.69, 9.17) is 9.47 Å². The SMILES string of the molecule is COc1cnn(C)c(=O)c1-c1ccc(C[C@H](NC(=O)OCc2c(C)cc(C)cc2C)C(=O)O)cc1. The van der Waals surface area contributed by atoms with E-state index in [0.29, 0.717) is 22.4 Å². The number of aromatic nitrogens is 2. The minimum Gasteiger partial charge on any atom is -0.494 e. The first-order chi connectivity index (χ1) is 16.6. The maximum atomic E-state index is 12.5. The van der Waals surface area contributed by atoms with Crippen molar-refractivity contribution >= 4 is 12.1 Å². The smallest absolute Gasteiger partial charge is 0.408 e. The van der Waals surface area contributed by atoms with Crippen molar-refractivity contribution in [1.82, 2.24) is 15.1 Å². The number of carboxylic acid groups (broad SMARTS) is 1. The molecule has 0 saturated heterocycles. The number of hydrogen-bond donors (Lipinski definition) is 2. The molecule has 2 N–H and O–H groups in total. The first-order valence-corrected chi connectivity index (χ1v) is 11.0. The first kappa shape index (κ1) is 25.5. The van der Waals surface area contributed by atoms with Gasteiger partial charge >= 0.3 is 12.1 Å². The molecule has 3 rings (SSSR count). The lowest BCUT2D eigenvalue weighted by molar-refractivity contribution is -0.139. The van der Waals surface area contributed by atoms with Crippen LogP contribution in [0.25, 0.3) is 11.1 Å². The lowest BCUT2D eigenvalue weighted by Crippen LogP contribution is -2.42. The van der Waals surface area contributed by atoms with Crippen LogP contribution in [0.1, 0.15) is 27.8 Å². The Morgan fingerprint density at radius 1 is 1.11 bits per heavy atom. The van der Waals surface area contributed by atoms with E-state index < -0.39 is 18.1 Å². The molecule has 9 nitrogen and oxygen atoms in total. The maximum Gasteiger partial charge on any atom is 0.408 e. The van der Waals surface area contributed by atoms with Crippen LogP contribution in [-0.4, -0.2) is 40.1 Å². The first-order valence-electron chi connectivity index (χ1n) is 11.0. The van der Waals surface area contributed by atoms with Gasteiger partial charge in [0.1, 0.15) is 12.6 Å². The van der Waals surface area contributed by atoms with Gasteiger partial charge in [-0.3, -0.25) is 4.79 Å². The summed E-state index contributed by atoms with van der Waals surface area (Å²) in [5, 5.41) is 16.0. The summed E-state index contributed by atoms with van der Waals surface area (Å²) in [6.07, 6.45) is 0.692. The largest absolute Gasteiger partial charge is 0.494 e. The van der Waals surface area contributed by atoms with Gasteiger partial charge in [0.05, 0.1) is 18.9 Å². The zero-order valence-corrected chi connectivity index (χ0v) is 20.4. The van der Waals surface area contributed by atoms with Gasteiger partial charge in [0.2, 0.25) is 0 Å². The molecule has 1 aromatic heterocycles. The van der Waals surface area contributed by atoms with Gasteiger partial charge in [-0.05, 0) is 48.6 Å². The van der Waals surface area contributed by atoms with Crippen LogP contribution in [0.2, 0.25) is 0 Å². The highest BCUT2D eigenvalue weighted by Gasteiger charge is 2.22.